The lowest BCUT2D eigenvalue weighted by Crippen LogP contribution is -2.24. The molecule has 0 aliphatic carbocycles. The number of amides is 1. The molecule has 0 aromatic heterocycles. The summed E-state index contributed by atoms with van der Waals surface area (Å²) in [5, 5.41) is 2.48. The van der Waals surface area contributed by atoms with E-state index < -0.39 is 17.7 Å². The highest BCUT2D eigenvalue weighted by Gasteiger charge is 2.05. The van der Waals surface area contributed by atoms with Gasteiger partial charge in [0.05, 0.1) is 5.69 Å². The van der Waals surface area contributed by atoms with E-state index in [4.69, 9.17) is 10.5 Å². The number of carbonyl (C=O) groups is 1. The van der Waals surface area contributed by atoms with Gasteiger partial charge in [0.25, 0.3) is 0 Å². The van der Waals surface area contributed by atoms with Crippen LogP contribution in [0.1, 0.15) is 11.1 Å². The molecule has 0 radical (unpaired) electrons. The number of carbonyl (C=O) groups excluding carboxylic acids is 1. The highest BCUT2D eigenvalue weighted by Crippen LogP contribution is 2.17. The lowest BCUT2D eigenvalue weighted by molar-refractivity contribution is 0.141. The van der Waals surface area contributed by atoms with Gasteiger partial charge in [0.1, 0.15) is 18.2 Å². The Bertz CT molecular complexity index is 703. The highest BCUT2D eigenvalue weighted by atomic mass is 19.1. The monoisotopic (exact) mass is 318 g/mol. The van der Waals surface area contributed by atoms with Crippen LogP contribution in [0, 0.1) is 11.6 Å². The van der Waals surface area contributed by atoms with E-state index in [-0.39, 0.29) is 24.4 Å². The lowest BCUT2D eigenvalue weighted by Gasteiger charge is -2.05. The predicted molar refractivity (Wildman–Crippen MR) is 84.4 cm³/mol. The first kappa shape index (κ1) is 16.5. The Morgan fingerprint density at radius 1 is 1.17 bits per heavy atom. The number of anilines is 1. The molecule has 0 fully saturated rings. The summed E-state index contributed by atoms with van der Waals surface area (Å²) in [6.45, 7) is 0.285. The molecule has 0 saturated carbocycles. The second-order valence-electron chi connectivity index (χ2n) is 4.74. The predicted octanol–water partition coefficient (Wildman–Crippen LogP) is 3.49. The van der Waals surface area contributed by atoms with Gasteiger partial charge < -0.3 is 15.8 Å². The van der Waals surface area contributed by atoms with Crippen LogP contribution < -0.4 is 11.1 Å². The topological polar surface area (TPSA) is 64.3 Å². The summed E-state index contributed by atoms with van der Waals surface area (Å²) in [6, 6.07) is 11.1. The van der Waals surface area contributed by atoms with E-state index in [0.717, 1.165) is 17.7 Å². The molecule has 0 bridgehead atoms. The summed E-state index contributed by atoms with van der Waals surface area (Å²) in [5.74, 6) is -1.33. The number of hydrogen-bond acceptors (Lipinski definition) is 3. The molecule has 0 atom stereocenters. The van der Waals surface area contributed by atoms with Crippen LogP contribution in [0.15, 0.2) is 48.5 Å². The van der Waals surface area contributed by atoms with Gasteiger partial charge in [0.15, 0.2) is 0 Å². The van der Waals surface area contributed by atoms with E-state index in [1.807, 2.05) is 30.3 Å². The number of rotatable bonds is 5. The van der Waals surface area contributed by atoms with E-state index in [0.29, 0.717) is 0 Å². The van der Waals surface area contributed by atoms with Crippen LogP contribution in [0.5, 0.6) is 0 Å². The fourth-order valence-corrected chi connectivity index (χ4v) is 1.81. The third kappa shape index (κ3) is 5.10. The zero-order valence-electron chi connectivity index (χ0n) is 12.3. The van der Waals surface area contributed by atoms with Crippen molar-refractivity contribution in [3.63, 3.8) is 0 Å². The molecule has 0 spiro atoms. The average Bonchev–Trinajstić information content (AvgIpc) is 2.55. The lowest BCUT2D eigenvalue weighted by atomic mass is 10.1. The molecular formula is C17H16F2N2O2. The molecule has 0 saturated heterocycles. The Hall–Kier alpha value is -2.89. The second-order valence-corrected chi connectivity index (χ2v) is 4.74. The third-order valence-corrected chi connectivity index (χ3v) is 2.99. The van der Waals surface area contributed by atoms with E-state index >= 15 is 0 Å². The minimum absolute atomic E-state index is 0.0520. The first-order valence-corrected chi connectivity index (χ1v) is 6.92. The number of nitrogens with two attached hydrogens (primary N) is 1. The van der Waals surface area contributed by atoms with Gasteiger partial charge in [0.2, 0.25) is 0 Å². The number of ether oxygens (including phenoxy) is 1. The first-order valence-electron chi connectivity index (χ1n) is 6.92. The van der Waals surface area contributed by atoms with Crippen molar-refractivity contribution < 1.29 is 18.3 Å². The van der Waals surface area contributed by atoms with Crippen molar-refractivity contribution in [2.75, 3.05) is 12.3 Å². The van der Waals surface area contributed by atoms with Crippen molar-refractivity contribution >= 4 is 17.9 Å². The van der Waals surface area contributed by atoms with Crippen LogP contribution in [0.2, 0.25) is 0 Å². The van der Waals surface area contributed by atoms with Gasteiger partial charge in [0, 0.05) is 18.2 Å². The minimum atomic E-state index is -0.693. The number of hydrogen-bond donors (Lipinski definition) is 2. The number of nitrogens with one attached hydrogen (secondary N) is 1. The number of nitrogen functional groups attached to an aromatic ring is 1. The SMILES string of the molecule is Nc1cc(F)c(C=CCNC(=O)OCc2ccccc2)cc1F. The summed E-state index contributed by atoms with van der Waals surface area (Å²) >= 11 is 0. The van der Waals surface area contributed by atoms with E-state index in [2.05, 4.69) is 5.32 Å². The molecular weight excluding hydrogens is 302 g/mol. The maximum absolute atomic E-state index is 13.5. The Labute approximate surface area is 132 Å². The van der Waals surface area contributed by atoms with Crippen molar-refractivity contribution in [3.05, 3.63) is 71.3 Å². The molecule has 0 unspecified atom stereocenters. The van der Waals surface area contributed by atoms with Crippen LogP contribution in [-0.4, -0.2) is 12.6 Å². The Balaban J connectivity index is 1.78. The Morgan fingerprint density at radius 3 is 2.65 bits per heavy atom. The van der Waals surface area contributed by atoms with Crippen LogP contribution in [0.3, 0.4) is 0 Å². The van der Waals surface area contributed by atoms with Gasteiger partial charge in [-0.25, -0.2) is 13.6 Å². The molecule has 4 nitrogen and oxygen atoms in total. The normalized spacial score (nSPS) is 10.7. The molecule has 120 valence electrons. The first-order chi connectivity index (χ1) is 11.1. The Kier molecular flexibility index (Phi) is 5.68. The molecule has 23 heavy (non-hydrogen) atoms. The van der Waals surface area contributed by atoms with Gasteiger partial charge >= 0.3 is 6.09 Å². The zero-order chi connectivity index (χ0) is 16.7. The molecule has 0 aliphatic rings. The largest absolute Gasteiger partial charge is 0.445 e. The number of halogens is 2. The minimum Gasteiger partial charge on any atom is -0.445 e. The van der Waals surface area contributed by atoms with Crippen LogP contribution in [0.4, 0.5) is 19.3 Å². The van der Waals surface area contributed by atoms with Crippen LogP contribution in [-0.2, 0) is 11.3 Å². The van der Waals surface area contributed by atoms with E-state index in [9.17, 15) is 13.6 Å². The molecule has 2 aromatic rings. The zero-order valence-corrected chi connectivity index (χ0v) is 12.3. The average molecular weight is 318 g/mol. The third-order valence-electron chi connectivity index (χ3n) is 2.99. The summed E-state index contributed by atoms with van der Waals surface area (Å²) in [4.78, 5) is 11.5. The number of benzene rings is 2. The van der Waals surface area contributed by atoms with Crippen molar-refractivity contribution in [1.82, 2.24) is 5.32 Å². The summed E-state index contributed by atoms with van der Waals surface area (Å²) in [5.41, 5.74) is 5.93. The van der Waals surface area contributed by atoms with Crippen molar-refractivity contribution in [3.8, 4) is 0 Å². The van der Waals surface area contributed by atoms with Gasteiger partial charge in [-0.05, 0) is 11.6 Å². The quantitative estimate of drug-likeness (QED) is 0.830. The van der Waals surface area contributed by atoms with E-state index in [1.54, 1.807) is 0 Å². The van der Waals surface area contributed by atoms with Crippen molar-refractivity contribution in [1.29, 1.82) is 0 Å². The van der Waals surface area contributed by atoms with Gasteiger partial charge in [-0.2, -0.15) is 0 Å². The molecule has 0 aliphatic heterocycles. The van der Waals surface area contributed by atoms with Crippen molar-refractivity contribution in [2.45, 2.75) is 6.61 Å². The smallest absolute Gasteiger partial charge is 0.407 e. The summed E-state index contributed by atoms with van der Waals surface area (Å²) < 4.78 is 31.8. The molecule has 6 heteroatoms. The molecule has 0 heterocycles. The van der Waals surface area contributed by atoms with Crippen molar-refractivity contribution in [2.24, 2.45) is 0 Å². The van der Waals surface area contributed by atoms with Gasteiger partial charge in [-0.1, -0.05) is 42.5 Å². The second kappa shape index (κ2) is 7.93. The molecule has 2 rings (SSSR count). The van der Waals surface area contributed by atoms with E-state index in [1.165, 1.54) is 12.2 Å². The molecule has 2 aromatic carbocycles. The maximum Gasteiger partial charge on any atom is 0.407 e. The van der Waals surface area contributed by atoms with Crippen LogP contribution in [0.25, 0.3) is 6.08 Å². The van der Waals surface area contributed by atoms with Gasteiger partial charge in [-0.3, -0.25) is 0 Å². The highest BCUT2D eigenvalue weighted by molar-refractivity contribution is 5.67. The standard InChI is InChI=1S/C17H16F2N2O2/c18-14-10-16(20)15(19)9-13(14)7-4-8-21-17(22)23-11-12-5-2-1-3-6-12/h1-7,9-10H,8,11,20H2,(H,21,22). The fourth-order valence-electron chi connectivity index (χ4n) is 1.81. The summed E-state index contributed by atoms with van der Waals surface area (Å²) in [7, 11) is 0. The fraction of sp³-hybridized carbons (Fsp3) is 0.118. The molecule has 1 amide bonds. The number of alkyl carbamates (subject to hydrolysis) is 1. The van der Waals surface area contributed by atoms with Crippen LogP contribution >= 0.6 is 0 Å². The van der Waals surface area contributed by atoms with Gasteiger partial charge in [-0.15, -0.1) is 0 Å². The summed E-state index contributed by atoms with van der Waals surface area (Å²) in [6.07, 6.45) is 2.25. The Morgan fingerprint density at radius 2 is 1.91 bits per heavy atom. The molecule has 3 N–H and O–H groups in total. The maximum atomic E-state index is 13.5.